The fourth-order valence-corrected chi connectivity index (χ4v) is 3.10. The van der Waals surface area contributed by atoms with E-state index >= 15 is 0 Å². The Balaban J connectivity index is 1.52. The number of aromatic nitrogens is 4. The van der Waals surface area contributed by atoms with Crippen LogP contribution in [0.15, 0.2) is 54.9 Å². The van der Waals surface area contributed by atoms with E-state index in [0.717, 1.165) is 6.20 Å². The van der Waals surface area contributed by atoms with Gasteiger partial charge in [0.25, 0.3) is 5.91 Å². The first-order valence-corrected chi connectivity index (χ1v) is 9.01. The quantitative estimate of drug-likeness (QED) is 0.486. The predicted molar refractivity (Wildman–Crippen MR) is 106 cm³/mol. The first-order chi connectivity index (χ1) is 14.2. The lowest BCUT2D eigenvalue weighted by Crippen LogP contribution is -2.11. The Morgan fingerprint density at radius 1 is 1.07 bits per heavy atom. The lowest BCUT2D eigenvalue weighted by molar-refractivity contribution is -0.140. The molecule has 30 heavy (non-hydrogen) atoms. The van der Waals surface area contributed by atoms with Crippen LogP contribution in [0, 0.1) is 0 Å². The van der Waals surface area contributed by atoms with Gasteiger partial charge < -0.3 is 10.6 Å². The number of hydrogen-bond acceptors (Lipinski definition) is 4. The Morgan fingerprint density at radius 2 is 1.77 bits per heavy atom. The predicted octanol–water partition coefficient (Wildman–Crippen LogP) is 4.74. The fourth-order valence-electron chi connectivity index (χ4n) is 2.85. The zero-order chi connectivity index (χ0) is 21.5. The molecule has 154 valence electrons. The summed E-state index contributed by atoms with van der Waals surface area (Å²) in [6.45, 7) is 0. The van der Waals surface area contributed by atoms with Gasteiger partial charge in [0, 0.05) is 30.8 Å². The van der Waals surface area contributed by atoms with Crippen molar-refractivity contribution in [2.45, 2.75) is 6.18 Å². The normalized spacial score (nSPS) is 11.6. The third-order valence-electron chi connectivity index (χ3n) is 4.23. The molecule has 0 spiro atoms. The van der Waals surface area contributed by atoms with E-state index in [0.29, 0.717) is 17.2 Å². The number of nitrogens with one attached hydrogen (secondary N) is 2. The van der Waals surface area contributed by atoms with E-state index in [-0.39, 0.29) is 16.4 Å². The molecule has 4 rings (SSSR count). The van der Waals surface area contributed by atoms with Gasteiger partial charge in [0.05, 0.1) is 5.56 Å². The molecule has 3 aromatic heterocycles. The molecule has 0 aliphatic heterocycles. The fraction of sp³-hybridized carbons (Fsp3) is 0.105. The van der Waals surface area contributed by atoms with Crippen molar-refractivity contribution in [3.8, 4) is 0 Å². The summed E-state index contributed by atoms with van der Waals surface area (Å²) >= 11 is 5.92. The molecule has 0 fully saturated rings. The zero-order valence-corrected chi connectivity index (χ0v) is 16.2. The van der Waals surface area contributed by atoms with E-state index in [2.05, 4.69) is 20.7 Å². The van der Waals surface area contributed by atoms with E-state index in [1.165, 1.54) is 21.3 Å². The largest absolute Gasteiger partial charge is 0.434 e. The average molecular weight is 435 g/mol. The van der Waals surface area contributed by atoms with Crippen molar-refractivity contribution < 1.29 is 18.0 Å². The van der Waals surface area contributed by atoms with Gasteiger partial charge in [-0.15, -0.1) is 0 Å². The van der Waals surface area contributed by atoms with Crippen LogP contribution in [0.4, 0.5) is 30.4 Å². The summed E-state index contributed by atoms with van der Waals surface area (Å²) in [6.07, 6.45) is -2.08. The topological polar surface area (TPSA) is 76.2 Å². The molecule has 7 nitrogen and oxygen atoms in total. The van der Waals surface area contributed by atoms with Crippen molar-refractivity contribution >= 4 is 40.3 Å². The summed E-state index contributed by atoms with van der Waals surface area (Å²) in [5, 5.41) is 9.76. The first kappa shape index (κ1) is 19.8. The van der Waals surface area contributed by atoms with Crippen LogP contribution in [0.5, 0.6) is 0 Å². The number of carbonyl (C=O) groups excluding carboxylic acids is 1. The number of amides is 1. The number of nitrogens with zero attached hydrogens (tertiary/aromatic N) is 4. The Kier molecular flexibility index (Phi) is 4.86. The maximum Gasteiger partial charge on any atom is 0.434 e. The molecule has 4 aromatic rings. The van der Waals surface area contributed by atoms with Gasteiger partial charge in [-0.05, 0) is 36.4 Å². The minimum atomic E-state index is -4.53. The number of hydrogen-bond donors (Lipinski definition) is 2. The number of alkyl halides is 3. The van der Waals surface area contributed by atoms with Gasteiger partial charge in [0.1, 0.15) is 11.5 Å². The monoisotopic (exact) mass is 434 g/mol. The van der Waals surface area contributed by atoms with E-state index in [9.17, 15) is 18.0 Å². The lowest BCUT2D eigenvalue weighted by Gasteiger charge is -2.10. The Bertz CT molecular complexity index is 1230. The average Bonchev–Trinajstić information content (AvgIpc) is 3.27. The van der Waals surface area contributed by atoms with E-state index in [1.54, 1.807) is 43.4 Å². The number of pyridine rings is 1. The molecule has 2 N–H and O–H groups in total. The number of halogens is 4. The molecule has 0 unspecified atom stereocenters. The van der Waals surface area contributed by atoms with Gasteiger partial charge >= 0.3 is 6.18 Å². The van der Waals surface area contributed by atoms with Crippen LogP contribution < -0.4 is 10.6 Å². The Labute approximate surface area is 173 Å². The van der Waals surface area contributed by atoms with Gasteiger partial charge in [-0.25, -0.2) is 4.98 Å². The van der Waals surface area contributed by atoms with Crippen molar-refractivity contribution in [2.24, 2.45) is 7.05 Å². The van der Waals surface area contributed by atoms with Crippen LogP contribution in [0.2, 0.25) is 5.15 Å². The number of fused-ring (bicyclic) bond motifs is 1. The van der Waals surface area contributed by atoms with E-state index in [4.69, 9.17) is 11.6 Å². The standard InChI is InChI=1S/C19H14ClF3N6O/c1-28-9-13(17(20)27-28)18(30)25-12-7-5-11(6-8-12)24-15-3-2-4-16-26-14(10-29(15)16)19(21,22)23/h2-10,24H,1H3,(H,25,30). The van der Waals surface area contributed by atoms with Crippen LogP contribution >= 0.6 is 11.6 Å². The number of carbonyl (C=O) groups is 1. The third-order valence-corrected chi connectivity index (χ3v) is 4.51. The van der Waals surface area contributed by atoms with Crippen LogP contribution in [0.1, 0.15) is 16.1 Å². The highest BCUT2D eigenvalue weighted by molar-refractivity contribution is 6.33. The molecule has 0 aliphatic carbocycles. The molecule has 0 atom stereocenters. The zero-order valence-electron chi connectivity index (χ0n) is 15.4. The highest BCUT2D eigenvalue weighted by atomic mass is 35.5. The summed E-state index contributed by atoms with van der Waals surface area (Å²) in [5.41, 5.74) is 0.579. The number of benzene rings is 1. The van der Waals surface area contributed by atoms with Crippen LogP contribution in [-0.4, -0.2) is 25.1 Å². The summed E-state index contributed by atoms with van der Waals surface area (Å²) in [5.74, 6) is 0.00565. The Hall–Kier alpha value is -3.53. The maximum atomic E-state index is 12.9. The number of rotatable bonds is 4. The molecular formula is C19H14ClF3N6O. The minimum absolute atomic E-state index is 0.0972. The number of aryl methyl sites for hydroxylation is 1. The summed E-state index contributed by atoms with van der Waals surface area (Å²) < 4.78 is 41.6. The molecule has 0 saturated carbocycles. The second kappa shape index (κ2) is 7.38. The maximum absolute atomic E-state index is 12.9. The summed E-state index contributed by atoms with van der Waals surface area (Å²) in [6, 6.07) is 11.4. The number of anilines is 3. The highest BCUT2D eigenvalue weighted by Crippen LogP contribution is 2.30. The van der Waals surface area contributed by atoms with Crippen LogP contribution in [0.25, 0.3) is 5.65 Å². The highest BCUT2D eigenvalue weighted by Gasteiger charge is 2.34. The lowest BCUT2D eigenvalue weighted by atomic mass is 10.2. The van der Waals surface area contributed by atoms with Crippen molar-refractivity contribution in [1.29, 1.82) is 0 Å². The van der Waals surface area contributed by atoms with Crippen molar-refractivity contribution in [3.63, 3.8) is 0 Å². The Morgan fingerprint density at radius 3 is 2.40 bits per heavy atom. The molecular weight excluding hydrogens is 421 g/mol. The minimum Gasteiger partial charge on any atom is -0.341 e. The second-order valence-corrected chi connectivity index (χ2v) is 6.78. The van der Waals surface area contributed by atoms with Gasteiger partial charge in [0.2, 0.25) is 0 Å². The van der Waals surface area contributed by atoms with Crippen molar-refractivity contribution in [3.05, 3.63) is 71.3 Å². The molecule has 0 aliphatic rings. The van der Waals surface area contributed by atoms with Crippen molar-refractivity contribution in [2.75, 3.05) is 10.6 Å². The summed E-state index contributed by atoms with van der Waals surface area (Å²) in [7, 11) is 1.65. The van der Waals surface area contributed by atoms with Gasteiger partial charge in [-0.1, -0.05) is 17.7 Å². The van der Waals surface area contributed by atoms with Crippen molar-refractivity contribution in [1.82, 2.24) is 19.2 Å². The third kappa shape index (κ3) is 3.94. The SMILES string of the molecule is Cn1cc(C(=O)Nc2ccc(Nc3cccc4nc(C(F)(F)F)cn34)cc2)c(Cl)n1. The molecule has 3 heterocycles. The number of imidazole rings is 1. The molecule has 0 radical (unpaired) electrons. The molecule has 0 bridgehead atoms. The van der Waals surface area contributed by atoms with Crippen LogP contribution in [-0.2, 0) is 13.2 Å². The molecule has 1 aromatic carbocycles. The van der Waals surface area contributed by atoms with Gasteiger partial charge in [-0.2, -0.15) is 18.3 Å². The van der Waals surface area contributed by atoms with Gasteiger partial charge in [-0.3, -0.25) is 13.9 Å². The van der Waals surface area contributed by atoms with Gasteiger partial charge in [0.15, 0.2) is 10.8 Å². The first-order valence-electron chi connectivity index (χ1n) is 8.63. The molecule has 11 heteroatoms. The van der Waals surface area contributed by atoms with Crippen LogP contribution in [0.3, 0.4) is 0 Å². The summed E-state index contributed by atoms with van der Waals surface area (Å²) in [4.78, 5) is 15.9. The smallest absolute Gasteiger partial charge is 0.341 e. The second-order valence-electron chi connectivity index (χ2n) is 6.43. The van der Waals surface area contributed by atoms with E-state index in [1.807, 2.05) is 0 Å². The molecule has 1 amide bonds. The van der Waals surface area contributed by atoms with E-state index < -0.39 is 17.8 Å². The molecule has 0 saturated heterocycles.